The van der Waals surface area contributed by atoms with Crippen molar-refractivity contribution >= 4 is 27.2 Å². The highest BCUT2D eigenvalue weighted by Crippen LogP contribution is 2.47. The lowest BCUT2D eigenvalue weighted by Crippen LogP contribution is -2.25. The molecular formula is C24H29N3O4S. The van der Waals surface area contributed by atoms with Gasteiger partial charge >= 0.3 is 0 Å². The molecule has 3 saturated carbocycles. The minimum Gasteiger partial charge on any atom is -0.393 e. The number of carbonyl (C=O) groups is 1. The van der Waals surface area contributed by atoms with E-state index in [0.29, 0.717) is 22.8 Å². The van der Waals surface area contributed by atoms with Gasteiger partial charge in [0.15, 0.2) is 15.7 Å². The van der Waals surface area contributed by atoms with E-state index in [1.165, 1.54) is 0 Å². The summed E-state index contributed by atoms with van der Waals surface area (Å²) in [6.07, 6.45) is 10.6. The molecule has 3 aliphatic carbocycles. The minimum atomic E-state index is -3.31. The number of hydrogen-bond acceptors (Lipinski definition) is 5. The van der Waals surface area contributed by atoms with Crippen LogP contribution in [0.2, 0.25) is 0 Å². The molecule has 32 heavy (non-hydrogen) atoms. The van der Waals surface area contributed by atoms with E-state index in [0.717, 1.165) is 44.1 Å². The smallest absolute Gasteiger partial charge is 0.256 e. The van der Waals surface area contributed by atoms with E-state index in [1.807, 2.05) is 12.1 Å². The van der Waals surface area contributed by atoms with Crippen LogP contribution in [-0.4, -0.2) is 40.6 Å². The summed E-state index contributed by atoms with van der Waals surface area (Å²) in [4.78, 5) is 15.3. The van der Waals surface area contributed by atoms with Crippen LogP contribution in [0.25, 0.3) is 0 Å². The zero-order valence-corrected chi connectivity index (χ0v) is 19.0. The van der Waals surface area contributed by atoms with Crippen LogP contribution in [0.3, 0.4) is 0 Å². The van der Waals surface area contributed by atoms with Gasteiger partial charge in [-0.05, 0) is 80.5 Å². The number of aliphatic hydroxyl groups is 1. The van der Waals surface area contributed by atoms with Gasteiger partial charge in [-0.3, -0.25) is 14.4 Å². The van der Waals surface area contributed by atoms with Gasteiger partial charge in [0, 0.05) is 25.4 Å². The van der Waals surface area contributed by atoms with E-state index in [9.17, 15) is 18.3 Å². The van der Waals surface area contributed by atoms with E-state index >= 15 is 0 Å². The first-order valence-electron chi connectivity index (χ1n) is 11.4. The molecule has 0 saturated heterocycles. The highest BCUT2D eigenvalue weighted by molar-refractivity contribution is 7.92. The highest BCUT2D eigenvalue weighted by atomic mass is 32.2. The maximum atomic E-state index is 13.3. The second-order valence-electron chi connectivity index (χ2n) is 9.35. The maximum absolute atomic E-state index is 13.3. The maximum Gasteiger partial charge on any atom is 0.256 e. The zero-order chi connectivity index (χ0) is 22.5. The van der Waals surface area contributed by atoms with Crippen molar-refractivity contribution in [3.63, 3.8) is 0 Å². The lowest BCUT2D eigenvalue weighted by Gasteiger charge is -2.21. The summed E-state index contributed by atoms with van der Waals surface area (Å²) < 4.78 is 27.6. The van der Waals surface area contributed by atoms with Crippen LogP contribution in [0, 0.1) is 5.92 Å². The van der Waals surface area contributed by atoms with Crippen LogP contribution in [0.5, 0.6) is 0 Å². The lowest BCUT2D eigenvalue weighted by atomic mass is 10.1. The summed E-state index contributed by atoms with van der Waals surface area (Å²) >= 11 is 0. The van der Waals surface area contributed by atoms with Gasteiger partial charge < -0.3 is 5.11 Å². The average molecular weight is 456 g/mol. The first-order valence-corrected chi connectivity index (χ1v) is 13.0. The summed E-state index contributed by atoms with van der Waals surface area (Å²) in [7, 11) is -1.52. The summed E-state index contributed by atoms with van der Waals surface area (Å²) in [5.74, 6) is 0.681. The molecule has 1 amide bonds. The second-order valence-corrected chi connectivity index (χ2v) is 11.5. The monoisotopic (exact) mass is 455 g/mol. The molecule has 0 radical (unpaired) electrons. The fourth-order valence-electron chi connectivity index (χ4n) is 4.56. The number of anilines is 2. The summed E-state index contributed by atoms with van der Waals surface area (Å²) in [5, 5.41) is 13.9. The predicted octanol–water partition coefficient (Wildman–Crippen LogP) is 3.62. The normalized spacial score (nSPS) is 23.7. The number of aromatic nitrogens is 2. The number of hydrogen-bond donors (Lipinski definition) is 1. The van der Waals surface area contributed by atoms with Crippen molar-refractivity contribution in [2.75, 3.05) is 4.90 Å². The van der Waals surface area contributed by atoms with Crippen molar-refractivity contribution in [3.05, 3.63) is 48.2 Å². The van der Waals surface area contributed by atoms with Gasteiger partial charge in [0.2, 0.25) is 0 Å². The van der Waals surface area contributed by atoms with Gasteiger partial charge in [-0.1, -0.05) is 6.08 Å². The van der Waals surface area contributed by atoms with Crippen LogP contribution >= 0.6 is 0 Å². The number of carbonyl (C=O) groups excluding carboxylic acids is 1. The third-order valence-corrected chi connectivity index (χ3v) is 8.98. The fourth-order valence-corrected chi connectivity index (χ4v) is 6.49. The molecule has 1 N–H and O–H groups in total. The van der Waals surface area contributed by atoms with Gasteiger partial charge in [-0.25, -0.2) is 8.42 Å². The predicted molar refractivity (Wildman–Crippen MR) is 121 cm³/mol. The molecule has 0 aliphatic heterocycles. The topological polar surface area (TPSA) is 92.5 Å². The highest BCUT2D eigenvalue weighted by Gasteiger charge is 2.40. The van der Waals surface area contributed by atoms with Crippen molar-refractivity contribution in [1.82, 2.24) is 9.78 Å². The molecule has 2 aromatic rings. The van der Waals surface area contributed by atoms with Gasteiger partial charge in [-0.15, -0.1) is 0 Å². The van der Waals surface area contributed by atoms with Crippen LogP contribution < -0.4 is 4.90 Å². The fraction of sp³-hybridized carbons (Fsp3) is 0.500. The quantitative estimate of drug-likeness (QED) is 0.644. The number of amides is 1. The first-order chi connectivity index (χ1) is 15.3. The standard InChI is InChI=1S/C24H29N3O4S/c1-26-13-12-23(25-26)27(24(29)11-3-16-2-7-19(28)14-16)18-6-10-22(21(15-18)17-4-5-17)32(30,31)20-8-9-20/h3,6,10-13,15-17,19-20,28H,2,4-5,7-9,14H2,1H3/t16-,19-/m1/s1. The minimum absolute atomic E-state index is 0.188. The third kappa shape index (κ3) is 4.26. The van der Waals surface area contributed by atoms with Crippen molar-refractivity contribution in [2.45, 2.75) is 67.1 Å². The van der Waals surface area contributed by atoms with Crippen LogP contribution in [0.15, 0.2) is 47.5 Å². The van der Waals surface area contributed by atoms with Crippen LogP contribution in [-0.2, 0) is 21.7 Å². The number of rotatable bonds is 7. The zero-order valence-electron chi connectivity index (χ0n) is 18.2. The van der Waals surface area contributed by atoms with Crippen molar-refractivity contribution in [1.29, 1.82) is 0 Å². The number of allylic oxidation sites excluding steroid dienone is 1. The third-order valence-electron chi connectivity index (χ3n) is 6.64. The van der Waals surface area contributed by atoms with Crippen LogP contribution in [0.1, 0.15) is 56.4 Å². The van der Waals surface area contributed by atoms with Crippen molar-refractivity contribution in [2.24, 2.45) is 13.0 Å². The lowest BCUT2D eigenvalue weighted by molar-refractivity contribution is -0.113. The summed E-state index contributed by atoms with van der Waals surface area (Å²) in [6, 6.07) is 7.04. The van der Waals surface area contributed by atoms with Crippen molar-refractivity contribution < 1.29 is 18.3 Å². The molecule has 8 heteroatoms. The number of aryl methyl sites for hydroxylation is 1. The Bertz CT molecular complexity index is 1160. The first kappa shape index (κ1) is 21.4. The molecule has 170 valence electrons. The van der Waals surface area contributed by atoms with Gasteiger partial charge in [0.05, 0.1) is 21.9 Å². The Balaban J connectivity index is 1.51. The number of nitrogens with zero attached hydrogens (tertiary/aromatic N) is 3. The average Bonchev–Trinajstić information content (AvgIpc) is 3.68. The SMILES string of the molecule is Cn1ccc(N(C(=O)C=C[C@H]2CC[C@@H](O)C2)c2ccc(S(=O)(=O)C3CC3)c(C3CC3)c2)n1. The molecule has 3 fully saturated rings. The number of benzene rings is 1. The molecule has 1 aromatic carbocycles. The molecule has 2 atom stereocenters. The molecule has 7 nitrogen and oxygen atoms in total. The Morgan fingerprint density at radius 3 is 2.53 bits per heavy atom. The largest absolute Gasteiger partial charge is 0.393 e. The molecule has 0 bridgehead atoms. The van der Waals surface area contributed by atoms with Crippen LogP contribution in [0.4, 0.5) is 11.5 Å². The van der Waals surface area contributed by atoms with E-state index in [1.54, 1.807) is 47.1 Å². The molecule has 0 spiro atoms. The Morgan fingerprint density at radius 2 is 1.94 bits per heavy atom. The Labute approximate surface area is 188 Å². The van der Waals surface area contributed by atoms with Gasteiger partial charge in [0.25, 0.3) is 5.91 Å². The number of aliphatic hydroxyl groups excluding tert-OH is 1. The molecule has 0 unspecified atom stereocenters. The van der Waals surface area contributed by atoms with E-state index in [4.69, 9.17) is 0 Å². The summed E-state index contributed by atoms with van der Waals surface area (Å²) in [6.45, 7) is 0. The van der Waals surface area contributed by atoms with Crippen molar-refractivity contribution in [3.8, 4) is 0 Å². The van der Waals surface area contributed by atoms with E-state index in [-0.39, 0.29) is 29.1 Å². The Hall–Kier alpha value is -2.45. The Morgan fingerprint density at radius 1 is 1.16 bits per heavy atom. The summed E-state index contributed by atoms with van der Waals surface area (Å²) in [5.41, 5.74) is 1.45. The Kier molecular flexibility index (Phi) is 5.45. The van der Waals surface area contributed by atoms with E-state index < -0.39 is 9.84 Å². The van der Waals surface area contributed by atoms with Gasteiger partial charge in [-0.2, -0.15) is 5.10 Å². The molecule has 3 aliphatic rings. The van der Waals surface area contributed by atoms with Gasteiger partial charge in [0.1, 0.15) is 0 Å². The molecular weight excluding hydrogens is 426 g/mol. The van der Waals surface area contributed by atoms with E-state index in [2.05, 4.69) is 5.10 Å². The molecule has 5 rings (SSSR count). The second kappa shape index (κ2) is 8.15. The molecule has 1 heterocycles. The number of sulfone groups is 1. The molecule has 1 aromatic heterocycles.